The molecule has 0 spiro atoms. The van der Waals surface area contributed by atoms with Crippen molar-refractivity contribution in [3.8, 4) is 0 Å². The van der Waals surface area contributed by atoms with Crippen molar-refractivity contribution in [3.05, 3.63) is 0 Å². The van der Waals surface area contributed by atoms with Gasteiger partial charge in [0.15, 0.2) is 0 Å². The predicted molar refractivity (Wildman–Crippen MR) is 28.0 cm³/mol. The molecule has 0 aromatic heterocycles. The first-order valence-corrected chi connectivity index (χ1v) is 7.39. The Bertz CT molecular complexity index is 6.00. The van der Waals surface area contributed by atoms with Gasteiger partial charge in [-0.25, -0.2) is 0 Å². The number of halogens is 2. The molecule has 0 N–H and O–H groups in total. The van der Waals surface area contributed by atoms with E-state index >= 15 is 0 Å². The van der Waals surface area contributed by atoms with Gasteiger partial charge in [0.2, 0.25) is 0 Å². The molecule has 0 atom stereocenters. The summed E-state index contributed by atoms with van der Waals surface area (Å²) in [5.41, 5.74) is 0. The summed E-state index contributed by atoms with van der Waals surface area (Å²) >= 11 is 4.55. The predicted octanol–water partition coefficient (Wildman–Crippen LogP) is 1.77. The van der Waals surface area contributed by atoms with Gasteiger partial charge >= 0.3 is 49.1 Å². The van der Waals surface area contributed by atoms with Gasteiger partial charge in [0.25, 0.3) is 0 Å². The molecule has 0 amide bonds. The molecule has 0 unspecified atom stereocenters. The van der Waals surface area contributed by atoms with Crippen molar-refractivity contribution < 1.29 is 36.1 Å². The second-order valence-corrected chi connectivity index (χ2v) is 9.37. The average molecular weight is 510 g/mol. The van der Waals surface area contributed by atoms with Gasteiger partial charge in [-0.3, -0.25) is 0 Å². The van der Waals surface area contributed by atoms with Crippen LogP contribution in [-0.4, -0.2) is 0 Å². The molecular weight excluding hydrogens is 510 g/mol. The van der Waals surface area contributed by atoms with E-state index in [-0.39, 0.29) is 27.7 Å². The van der Waals surface area contributed by atoms with E-state index in [0.717, 1.165) is 0 Å². The molecule has 0 aliphatic carbocycles. The van der Waals surface area contributed by atoms with Crippen molar-refractivity contribution in [1.29, 1.82) is 0 Å². The van der Waals surface area contributed by atoms with Crippen LogP contribution in [0.2, 0.25) is 0 Å². The molecule has 0 saturated carbocycles. The van der Waals surface area contributed by atoms with E-state index in [4.69, 9.17) is 0 Å². The Morgan fingerprint density at radius 3 is 1.25 bits per heavy atom. The summed E-state index contributed by atoms with van der Waals surface area (Å²) in [4.78, 5) is 0. The van der Waals surface area contributed by atoms with Crippen molar-refractivity contribution in [3.63, 3.8) is 0 Å². The molecule has 0 aliphatic heterocycles. The molecule has 24 valence electrons. The second kappa shape index (κ2) is 9.32. The summed E-state index contributed by atoms with van der Waals surface area (Å²) in [6, 6.07) is 0. The quantitative estimate of drug-likeness (QED) is 0.345. The SMILES string of the molecule is [Hg].[I][Fe][I]. The number of rotatable bonds is 0. The van der Waals surface area contributed by atoms with E-state index in [2.05, 4.69) is 40.7 Å². The summed E-state index contributed by atoms with van der Waals surface area (Å²) < 4.78 is 0. The van der Waals surface area contributed by atoms with Crippen LogP contribution in [0.4, 0.5) is 0 Å². The van der Waals surface area contributed by atoms with E-state index in [1.165, 1.54) is 8.46 Å². The van der Waals surface area contributed by atoms with Gasteiger partial charge in [-0.15, -0.1) is 0 Å². The van der Waals surface area contributed by atoms with E-state index < -0.39 is 0 Å². The first kappa shape index (κ1) is 10.0. The van der Waals surface area contributed by atoms with Crippen molar-refractivity contribution in [2.24, 2.45) is 0 Å². The van der Waals surface area contributed by atoms with Gasteiger partial charge < -0.3 is 0 Å². The summed E-state index contributed by atoms with van der Waals surface area (Å²) in [6.45, 7) is 0. The van der Waals surface area contributed by atoms with Crippen molar-refractivity contribution in [1.82, 2.24) is 0 Å². The third kappa shape index (κ3) is 8.87. The van der Waals surface area contributed by atoms with Gasteiger partial charge in [0.05, 0.1) is 0 Å². The van der Waals surface area contributed by atoms with Crippen LogP contribution < -0.4 is 0 Å². The van der Waals surface area contributed by atoms with Crippen LogP contribution in [0.25, 0.3) is 0 Å². The Kier molecular flexibility index (Phi) is 23.3. The average Bonchev–Trinajstić information content (AvgIpc) is 0.918. The zero-order chi connectivity index (χ0) is 2.71. The molecule has 0 fully saturated rings. The fraction of sp³-hybridized carbons (Fsp3) is 0. The minimum absolute atomic E-state index is 0. The van der Waals surface area contributed by atoms with Crippen LogP contribution in [0.3, 0.4) is 0 Å². The normalized spacial score (nSPS) is 5.50. The molecule has 0 saturated heterocycles. The Hall–Kier alpha value is 2.91. The summed E-state index contributed by atoms with van der Waals surface area (Å²) in [5, 5.41) is 0. The standard InChI is InChI=1S/Fe.Hg.2HI/h;;2*1H/q+2;;;/p-2. The van der Waals surface area contributed by atoms with Crippen molar-refractivity contribution in [2.75, 3.05) is 0 Å². The summed E-state index contributed by atoms with van der Waals surface area (Å²) in [5.74, 6) is 0. The van der Waals surface area contributed by atoms with Crippen LogP contribution in [0.1, 0.15) is 0 Å². The molecule has 0 heterocycles. The van der Waals surface area contributed by atoms with Crippen LogP contribution in [0, 0.1) is 0 Å². The maximum atomic E-state index is 2.28. The third-order valence-corrected chi connectivity index (χ3v) is 0. The minimum atomic E-state index is 0. The van der Waals surface area contributed by atoms with E-state index in [0.29, 0.717) is 0 Å². The molecule has 4 heteroatoms. The van der Waals surface area contributed by atoms with Gasteiger partial charge in [-0.05, 0) is 0 Å². The van der Waals surface area contributed by atoms with E-state index in [1.54, 1.807) is 0 Å². The first-order valence-electron chi connectivity index (χ1n) is 0.267. The molecule has 0 bridgehead atoms. The molecule has 4 heavy (non-hydrogen) atoms. The number of hydrogen-bond donors (Lipinski definition) is 0. The monoisotopic (exact) mass is 512 g/mol. The second-order valence-electron chi connectivity index (χ2n) is 0.0505. The molecule has 0 aliphatic rings. The first-order chi connectivity index (χ1) is 1.41. The van der Waals surface area contributed by atoms with E-state index in [1.807, 2.05) is 0 Å². The molecular formula is FeHgI2. The van der Waals surface area contributed by atoms with Crippen LogP contribution >= 0.6 is 40.7 Å². The van der Waals surface area contributed by atoms with Crippen LogP contribution in [0.15, 0.2) is 0 Å². The van der Waals surface area contributed by atoms with E-state index in [9.17, 15) is 0 Å². The molecule has 0 aromatic carbocycles. The summed E-state index contributed by atoms with van der Waals surface area (Å²) in [6.07, 6.45) is 0. The Labute approximate surface area is 75.0 Å². The topological polar surface area (TPSA) is 0 Å². The van der Waals surface area contributed by atoms with Crippen LogP contribution in [-0.2, 0) is 36.1 Å². The third-order valence-electron chi connectivity index (χ3n) is 0. The van der Waals surface area contributed by atoms with Gasteiger partial charge in [0.1, 0.15) is 0 Å². The zero-order valence-electron chi connectivity index (χ0n) is 1.82. The van der Waals surface area contributed by atoms with Gasteiger partial charge in [-0.1, -0.05) is 0 Å². The Morgan fingerprint density at radius 2 is 1.25 bits per heavy atom. The van der Waals surface area contributed by atoms with Crippen molar-refractivity contribution in [2.45, 2.75) is 0 Å². The Balaban J connectivity index is 0. The van der Waals surface area contributed by atoms with Crippen molar-refractivity contribution >= 4 is 40.7 Å². The molecule has 0 rings (SSSR count). The number of hydrogen-bond acceptors (Lipinski definition) is 0. The Morgan fingerprint density at radius 1 is 1.25 bits per heavy atom. The fourth-order valence-corrected chi connectivity index (χ4v) is 0. The molecule has 0 radical (unpaired) electrons. The van der Waals surface area contributed by atoms with Gasteiger partial charge in [-0.2, -0.15) is 0 Å². The molecule has 0 nitrogen and oxygen atoms in total. The maximum absolute atomic E-state index is 2.28. The fourth-order valence-electron chi connectivity index (χ4n) is 0. The summed E-state index contributed by atoms with van der Waals surface area (Å²) in [7, 11) is 1.19. The van der Waals surface area contributed by atoms with Gasteiger partial charge in [0, 0.05) is 27.7 Å². The zero-order valence-corrected chi connectivity index (χ0v) is 12.7. The van der Waals surface area contributed by atoms with Crippen LogP contribution in [0.5, 0.6) is 0 Å². The molecule has 0 aromatic rings.